The van der Waals surface area contributed by atoms with Gasteiger partial charge in [-0.15, -0.1) is 0 Å². The van der Waals surface area contributed by atoms with Crippen LogP contribution in [0.2, 0.25) is 0 Å². The van der Waals surface area contributed by atoms with E-state index in [4.69, 9.17) is 5.11 Å². The van der Waals surface area contributed by atoms with Gasteiger partial charge >= 0.3 is 0 Å². The largest absolute Gasteiger partial charge is 0.392 e. The van der Waals surface area contributed by atoms with Gasteiger partial charge < -0.3 is 5.11 Å². The van der Waals surface area contributed by atoms with Crippen LogP contribution in [-0.4, -0.2) is 11.7 Å². The highest BCUT2D eigenvalue weighted by Gasteiger charge is 2.10. The summed E-state index contributed by atoms with van der Waals surface area (Å²) in [6.45, 7) is 6.68. The lowest BCUT2D eigenvalue weighted by Crippen LogP contribution is -2.02. The molecule has 1 N–H and O–H groups in total. The van der Waals surface area contributed by atoms with E-state index in [1.54, 1.807) is 5.57 Å². The first-order chi connectivity index (χ1) is 7.63. The summed E-state index contributed by atoms with van der Waals surface area (Å²) in [4.78, 5) is 0. The van der Waals surface area contributed by atoms with Crippen LogP contribution in [0.3, 0.4) is 0 Å². The van der Waals surface area contributed by atoms with E-state index in [0.29, 0.717) is 5.92 Å². The lowest BCUT2D eigenvalue weighted by molar-refractivity contribution is 0.330. The average Bonchev–Trinajstić information content (AvgIpc) is 2.29. The molecule has 1 unspecified atom stereocenters. The zero-order valence-electron chi connectivity index (χ0n) is 10.8. The minimum absolute atomic E-state index is 0.193. The number of aliphatic hydroxyl groups is 1. The quantitative estimate of drug-likeness (QED) is 0.694. The Hall–Kier alpha value is -0.820. The number of allylic oxidation sites excluding steroid dienone is 5. The number of rotatable bonds is 5. The second-order valence-corrected chi connectivity index (χ2v) is 4.94. The summed E-state index contributed by atoms with van der Waals surface area (Å²) in [5.41, 5.74) is 4.16. The average molecular weight is 220 g/mol. The Morgan fingerprint density at radius 1 is 1.44 bits per heavy atom. The first kappa shape index (κ1) is 13.2. The summed E-state index contributed by atoms with van der Waals surface area (Å²) in [6, 6.07) is 0. The van der Waals surface area contributed by atoms with Gasteiger partial charge in [0, 0.05) is 0 Å². The molecule has 0 amide bonds. The summed E-state index contributed by atoms with van der Waals surface area (Å²) >= 11 is 0. The first-order valence-electron chi connectivity index (χ1n) is 6.26. The maximum atomic E-state index is 8.89. The van der Waals surface area contributed by atoms with Crippen LogP contribution in [-0.2, 0) is 0 Å². The van der Waals surface area contributed by atoms with E-state index < -0.39 is 0 Å². The molecule has 1 atom stereocenters. The van der Waals surface area contributed by atoms with Crippen LogP contribution in [0.25, 0.3) is 0 Å². The molecule has 0 saturated carbocycles. The molecule has 0 heterocycles. The van der Waals surface area contributed by atoms with Crippen molar-refractivity contribution in [2.24, 2.45) is 5.92 Å². The van der Waals surface area contributed by atoms with Gasteiger partial charge in [-0.25, -0.2) is 0 Å². The Bertz CT molecular complexity index is 307. The monoisotopic (exact) mass is 220 g/mol. The van der Waals surface area contributed by atoms with Gasteiger partial charge in [-0.3, -0.25) is 0 Å². The lowest BCUT2D eigenvalue weighted by atomic mass is 9.88. The molecule has 0 aliphatic heterocycles. The van der Waals surface area contributed by atoms with Crippen LogP contribution < -0.4 is 0 Å². The molecule has 1 rings (SSSR count). The lowest BCUT2D eigenvalue weighted by Gasteiger charge is -2.18. The van der Waals surface area contributed by atoms with Gasteiger partial charge in [0.25, 0.3) is 0 Å². The van der Waals surface area contributed by atoms with Gasteiger partial charge in [0.15, 0.2) is 0 Å². The van der Waals surface area contributed by atoms with Crippen molar-refractivity contribution in [1.29, 1.82) is 0 Å². The minimum atomic E-state index is 0.193. The van der Waals surface area contributed by atoms with Crippen molar-refractivity contribution in [2.75, 3.05) is 6.61 Å². The molecule has 90 valence electrons. The van der Waals surface area contributed by atoms with Crippen molar-refractivity contribution in [3.05, 3.63) is 34.9 Å². The molecule has 0 fully saturated rings. The maximum Gasteiger partial charge on any atom is 0.0639 e. The molecule has 1 heteroatoms. The predicted octanol–water partition coefficient (Wildman–Crippen LogP) is 4.01. The SMILES string of the molecule is CC(=CCCC(C)C1=CC=C(C)CC1)CO. The molecule has 0 saturated heterocycles. The topological polar surface area (TPSA) is 20.2 Å². The van der Waals surface area contributed by atoms with E-state index in [1.807, 2.05) is 6.92 Å². The van der Waals surface area contributed by atoms with E-state index in [9.17, 15) is 0 Å². The van der Waals surface area contributed by atoms with E-state index in [0.717, 1.165) is 12.0 Å². The van der Waals surface area contributed by atoms with E-state index in [-0.39, 0.29) is 6.61 Å². The van der Waals surface area contributed by atoms with Crippen molar-refractivity contribution in [1.82, 2.24) is 0 Å². The van der Waals surface area contributed by atoms with Gasteiger partial charge in [-0.2, -0.15) is 0 Å². The third-order valence-electron chi connectivity index (χ3n) is 3.36. The van der Waals surface area contributed by atoms with Crippen molar-refractivity contribution < 1.29 is 5.11 Å². The Morgan fingerprint density at radius 3 is 2.75 bits per heavy atom. The molecular formula is C15H24O. The maximum absolute atomic E-state index is 8.89. The van der Waals surface area contributed by atoms with Gasteiger partial charge in [0.05, 0.1) is 6.61 Å². The molecule has 1 aliphatic rings. The van der Waals surface area contributed by atoms with Crippen LogP contribution in [0.15, 0.2) is 34.9 Å². The van der Waals surface area contributed by atoms with Crippen LogP contribution in [0, 0.1) is 5.92 Å². The molecule has 1 aliphatic carbocycles. The predicted molar refractivity (Wildman–Crippen MR) is 70.3 cm³/mol. The number of aliphatic hydroxyl groups excluding tert-OH is 1. The Labute approximate surface area is 99.6 Å². The highest BCUT2D eigenvalue weighted by Crippen LogP contribution is 2.26. The smallest absolute Gasteiger partial charge is 0.0639 e. The third-order valence-corrected chi connectivity index (χ3v) is 3.36. The summed E-state index contributed by atoms with van der Waals surface area (Å²) < 4.78 is 0. The van der Waals surface area contributed by atoms with Crippen molar-refractivity contribution in [2.45, 2.75) is 46.5 Å². The molecule has 0 radical (unpaired) electrons. The summed E-state index contributed by atoms with van der Waals surface area (Å²) in [7, 11) is 0. The van der Waals surface area contributed by atoms with E-state index in [2.05, 4.69) is 32.1 Å². The molecule has 0 aromatic rings. The minimum Gasteiger partial charge on any atom is -0.392 e. The van der Waals surface area contributed by atoms with E-state index >= 15 is 0 Å². The third kappa shape index (κ3) is 4.36. The Morgan fingerprint density at radius 2 is 2.19 bits per heavy atom. The highest BCUT2D eigenvalue weighted by atomic mass is 16.3. The fourth-order valence-corrected chi connectivity index (χ4v) is 2.00. The molecule has 16 heavy (non-hydrogen) atoms. The van der Waals surface area contributed by atoms with Crippen LogP contribution in [0.5, 0.6) is 0 Å². The molecule has 0 spiro atoms. The second kappa shape index (κ2) is 6.70. The van der Waals surface area contributed by atoms with Gasteiger partial charge in [-0.05, 0) is 45.4 Å². The fourth-order valence-electron chi connectivity index (χ4n) is 2.00. The number of hydrogen-bond donors (Lipinski definition) is 1. The molecule has 0 aromatic carbocycles. The molecule has 1 nitrogen and oxygen atoms in total. The molecular weight excluding hydrogens is 196 g/mol. The van der Waals surface area contributed by atoms with Crippen LogP contribution >= 0.6 is 0 Å². The fraction of sp³-hybridized carbons (Fsp3) is 0.600. The summed E-state index contributed by atoms with van der Waals surface area (Å²) in [6.07, 6.45) is 11.4. The molecule has 0 aromatic heterocycles. The van der Waals surface area contributed by atoms with Crippen molar-refractivity contribution >= 4 is 0 Å². The zero-order chi connectivity index (χ0) is 12.0. The van der Waals surface area contributed by atoms with Gasteiger partial charge in [0.2, 0.25) is 0 Å². The first-order valence-corrected chi connectivity index (χ1v) is 6.26. The van der Waals surface area contributed by atoms with Gasteiger partial charge in [0.1, 0.15) is 0 Å². The van der Waals surface area contributed by atoms with Crippen molar-refractivity contribution in [3.63, 3.8) is 0 Å². The Balaban J connectivity index is 2.38. The van der Waals surface area contributed by atoms with Crippen LogP contribution in [0.4, 0.5) is 0 Å². The highest BCUT2D eigenvalue weighted by molar-refractivity contribution is 5.24. The van der Waals surface area contributed by atoms with Crippen molar-refractivity contribution in [3.8, 4) is 0 Å². The summed E-state index contributed by atoms with van der Waals surface area (Å²) in [5, 5.41) is 8.89. The standard InChI is InChI=1S/C15H24O/c1-12-7-9-15(10-8-12)14(3)6-4-5-13(2)11-16/h5,7,9,14,16H,4,6,8,10-11H2,1-3H3. The molecule has 0 bridgehead atoms. The Kier molecular flexibility index (Phi) is 5.54. The summed E-state index contributed by atoms with van der Waals surface area (Å²) in [5.74, 6) is 0.673. The second-order valence-electron chi connectivity index (χ2n) is 4.94. The van der Waals surface area contributed by atoms with Gasteiger partial charge in [-0.1, -0.05) is 41.9 Å². The van der Waals surface area contributed by atoms with Crippen LogP contribution in [0.1, 0.15) is 46.5 Å². The number of hydrogen-bond acceptors (Lipinski definition) is 1. The van der Waals surface area contributed by atoms with E-state index in [1.165, 1.54) is 24.8 Å². The normalized spacial score (nSPS) is 19.1. The zero-order valence-corrected chi connectivity index (χ0v) is 10.8.